The van der Waals surface area contributed by atoms with Crippen molar-refractivity contribution in [3.8, 4) is 0 Å². The van der Waals surface area contributed by atoms with Crippen LogP contribution in [0.25, 0.3) is 0 Å². The van der Waals surface area contributed by atoms with Crippen molar-refractivity contribution in [3.63, 3.8) is 0 Å². The third-order valence-corrected chi connectivity index (χ3v) is 7.05. The molecule has 182 valence electrons. The van der Waals surface area contributed by atoms with Gasteiger partial charge in [-0.1, -0.05) is 35.9 Å². The summed E-state index contributed by atoms with van der Waals surface area (Å²) in [7, 11) is -3.73. The molecule has 0 bridgehead atoms. The van der Waals surface area contributed by atoms with Gasteiger partial charge < -0.3 is 15.2 Å². The Kier molecular flexibility index (Phi) is 10.5. The fourth-order valence-corrected chi connectivity index (χ4v) is 4.82. The predicted molar refractivity (Wildman–Crippen MR) is 135 cm³/mol. The molecule has 0 saturated heterocycles. The summed E-state index contributed by atoms with van der Waals surface area (Å²) in [6.45, 7) is 2.88. The molecule has 0 heterocycles. The molecule has 0 aromatic heterocycles. The maximum atomic E-state index is 13.0. The van der Waals surface area contributed by atoms with Crippen LogP contribution in [0.5, 0.6) is 0 Å². The monoisotopic (exact) mass is 523 g/mol. The molecule has 2 N–H and O–H groups in total. The number of rotatable bonds is 10. The Morgan fingerprint density at radius 1 is 1.03 bits per heavy atom. The fraction of sp³-hybridized carbons (Fsp3) is 0.240. The highest BCUT2D eigenvalue weighted by Crippen LogP contribution is 2.23. The van der Waals surface area contributed by atoms with Crippen LogP contribution in [0.3, 0.4) is 0 Å². The first-order valence-corrected chi connectivity index (χ1v) is 12.4. The van der Waals surface area contributed by atoms with E-state index in [9.17, 15) is 18.3 Å². The number of carbonyl (C=O) groups is 1. The van der Waals surface area contributed by atoms with Gasteiger partial charge >= 0.3 is 5.97 Å². The molecule has 0 unspecified atom stereocenters. The second-order valence-corrected chi connectivity index (χ2v) is 9.81. The molecule has 1 atom stereocenters. The van der Waals surface area contributed by atoms with Crippen molar-refractivity contribution in [1.29, 1.82) is 0 Å². The van der Waals surface area contributed by atoms with E-state index in [0.29, 0.717) is 30.1 Å². The molecule has 0 fully saturated rings. The van der Waals surface area contributed by atoms with Crippen LogP contribution < -0.4 is 5.32 Å². The first-order chi connectivity index (χ1) is 15.8. The third-order valence-electron chi connectivity index (χ3n) is 5.05. The van der Waals surface area contributed by atoms with Crippen molar-refractivity contribution >= 4 is 39.8 Å². The molecule has 3 aromatic carbocycles. The van der Waals surface area contributed by atoms with Gasteiger partial charge in [0.15, 0.2) is 0 Å². The lowest BCUT2D eigenvalue weighted by Gasteiger charge is -2.13. The lowest BCUT2D eigenvalue weighted by atomic mass is 10.1. The molecule has 0 amide bonds. The number of hydrogen-bond acceptors (Lipinski definition) is 6. The van der Waals surface area contributed by atoms with Gasteiger partial charge in [-0.05, 0) is 79.5 Å². The SMILES string of the molecule is CCOC(=O)c1ccc(S(=O)(=O)c2cccc(CCNC[C@H](O)c3cccc(Cl)c3)c2)cc1.Cl. The zero-order valence-corrected chi connectivity index (χ0v) is 21.0. The van der Waals surface area contributed by atoms with Gasteiger partial charge in [0.1, 0.15) is 0 Å². The summed E-state index contributed by atoms with van der Waals surface area (Å²) >= 11 is 5.96. The molecular weight excluding hydrogens is 497 g/mol. The van der Waals surface area contributed by atoms with E-state index < -0.39 is 21.9 Å². The zero-order chi connectivity index (χ0) is 23.8. The van der Waals surface area contributed by atoms with E-state index in [1.54, 1.807) is 43.3 Å². The molecule has 3 aromatic rings. The van der Waals surface area contributed by atoms with Crippen molar-refractivity contribution in [1.82, 2.24) is 5.32 Å². The van der Waals surface area contributed by atoms with Crippen LogP contribution in [0, 0.1) is 0 Å². The number of benzene rings is 3. The number of aliphatic hydroxyl groups excluding tert-OH is 1. The van der Waals surface area contributed by atoms with Crippen LogP contribution >= 0.6 is 24.0 Å². The number of carbonyl (C=O) groups excluding carboxylic acids is 1. The quantitative estimate of drug-likeness (QED) is 0.297. The zero-order valence-electron chi connectivity index (χ0n) is 18.6. The van der Waals surface area contributed by atoms with Gasteiger partial charge in [-0.3, -0.25) is 0 Å². The van der Waals surface area contributed by atoms with Crippen LogP contribution in [-0.4, -0.2) is 39.2 Å². The van der Waals surface area contributed by atoms with Crippen LogP contribution in [0.15, 0.2) is 82.6 Å². The minimum atomic E-state index is -3.73. The van der Waals surface area contributed by atoms with E-state index >= 15 is 0 Å². The van der Waals surface area contributed by atoms with Crippen molar-refractivity contribution in [2.45, 2.75) is 29.2 Å². The lowest BCUT2D eigenvalue weighted by Crippen LogP contribution is -2.23. The summed E-state index contributed by atoms with van der Waals surface area (Å²) in [6.07, 6.45) is -0.0963. The van der Waals surface area contributed by atoms with E-state index in [2.05, 4.69) is 5.32 Å². The van der Waals surface area contributed by atoms with Gasteiger partial charge in [-0.25, -0.2) is 13.2 Å². The Labute approximate surface area is 211 Å². The summed E-state index contributed by atoms with van der Waals surface area (Å²) in [5.74, 6) is -0.489. The molecule has 3 rings (SSSR count). The molecule has 0 aliphatic carbocycles. The summed E-state index contributed by atoms with van der Waals surface area (Å²) in [6, 6.07) is 19.5. The molecule has 0 saturated carbocycles. The number of hydrogen-bond donors (Lipinski definition) is 2. The Hall–Kier alpha value is -2.42. The standard InChI is InChI=1S/C25H26ClNO5S.ClH/c1-2-32-25(29)19-9-11-22(12-10-19)33(30,31)23-8-3-5-18(15-23)13-14-27-17-24(28)20-6-4-7-21(26)16-20;/h3-12,15-16,24,27-28H,2,13-14,17H2,1H3;1H/t24-;/m0./s1. The molecule has 0 aliphatic heterocycles. The largest absolute Gasteiger partial charge is 0.462 e. The summed E-state index contributed by atoms with van der Waals surface area (Å²) in [4.78, 5) is 12.1. The van der Waals surface area contributed by atoms with Gasteiger partial charge in [-0.2, -0.15) is 0 Å². The second kappa shape index (κ2) is 12.9. The van der Waals surface area contributed by atoms with Crippen LogP contribution in [-0.2, 0) is 21.0 Å². The number of aliphatic hydroxyl groups is 1. The van der Waals surface area contributed by atoms with E-state index in [0.717, 1.165) is 11.1 Å². The summed E-state index contributed by atoms with van der Waals surface area (Å²) in [5, 5.41) is 14.0. The van der Waals surface area contributed by atoms with Crippen LogP contribution in [0.2, 0.25) is 5.02 Å². The van der Waals surface area contributed by atoms with Gasteiger partial charge in [0.25, 0.3) is 0 Å². The summed E-state index contributed by atoms with van der Waals surface area (Å²) < 4.78 is 31.0. The molecule has 9 heteroatoms. The van der Waals surface area contributed by atoms with Crippen molar-refractivity contribution in [2.75, 3.05) is 19.7 Å². The van der Waals surface area contributed by atoms with Crippen LogP contribution in [0.1, 0.15) is 34.5 Å². The normalized spacial score (nSPS) is 12.0. The molecule has 6 nitrogen and oxygen atoms in total. The van der Waals surface area contributed by atoms with E-state index in [-0.39, 0.29) is 28.8 Å². The smallest absolute Gasteiger partial charge is 0.338 e. The highest BCUT2D eigenvalue weighted by Gasteiger charge is 2.19. The van der Waals surface area contributed by atoms with Crippen molar-refractivity contribution in [2.24, 2.45) is 0 Å². The Balaban J connectivity index is 0.00000408. The van der Waals surface area contributed by atoms with Gasteiger partial charge in [0, 0.05) is 11.6 Å². The molecule has 0 radical (unpaired) electrons. The average molecular weight is 524 g/mol. The average Bonchev–Trinajstić information content (AvgIpc) is 2.82. The topological polar surface area (TPSA) is 92.7 Å². The van der Waals surface area contributed by atoms with Gasteiger partial charge in [-0.15, -0.1) is 12.4 Å². The Morgan fingerprint density at radius 3 is 2.41 bits per heavy atom. The minimum absolute atomic E-state index is 0. The highest BCUT2D eigenvalue weighted by molar-refractivity contribution is 7.91. The molecular formula is C25H27Cl2NO5S. The van der Waals surface area contributed by atoms with E-state index in [1.807, 2.05) is 12.1 Å². The Morgan fingerprint density at radius 2 is 1.74 bits per heavy atom. The number of esters is 1. The maximum absolute atomic E-state index is 13.0. The van der Waals surface area contributed by atoms with Crippen molar-refractivity contribution < 1.29 is 23.1 Å². The molecule has 0 aliphatic rings. The van der Waals surface area contributed by atoms with Gasteiger partial charge in [0.2, 0.25) is 9.84 Å². The third kappa shape index (κ3) is 7.29. The fourth-order valence-electron chi connectivity index (χ4n) is 3.29. The number of sulfone groups is 1. The van der Waals surface area contributed by atoms with Gasteiger partial charge in [0.05, 0.1) is 28.1 Å². The van der Waals surface area contributed by atoms with Crippen molar-refractivity contribution in [3.05, 3.63) is 94.5 Å². The molecule has 34 heavy (non-hydrogen) atoms. The number of nitrogens with one attached hydrogen (secondary N) is 1. The van der Waals surface area contributed by atoms with Crippen LogP contribution in [0.4, 0.5) is 0 Å². The summed E-state index contributed by atoms with van der Waals surface area (Å²) in [5.41, 5.74) is 1.89. The van der Waals surface area contributed by atoms with E-state index in [1.165, 1.54) is 24.3 Å². The number of halogens is 2. The second-order valence-electron chi connectivity index (χ2n) is 7.42. The highest BCUT2D eigenvalue weighted by atomic mass is 35.5. The lowest BCUT2D eigenvalue weighted by molar-refractivity contribution is 0.0526. The maximum Gasteiger partial charge on any atom is 0.338 e. The van der Waals surface area contributed by atoms with E-state index in [4.69, 9.17) is 16.3 Å². The Bertz CT molecular complexity index is 1200. The molecule has 0 spiro atoms. The number of ether oxygens (including phenoxy) is 1. The first kappa shape index (κ1) is 27.8. The predicted octanol–water partition coefficient (Wildman–Crippen LogP) is 4.64. The first-order valence-electron chi connectivity index (χ1n) is 10.6. The minimum Gasteiger partial charge on any atom is -0.462 e.